The zero-order valence-electron chi connectivity index (χ0n) is 39.3. The lowest BCUT2D eigenvalue weighted by molar-refractivity contribution is -0.166. The maximum absolute atomic E-state index is 12.7. The van der Waals surface area contributed by atoms with Gasteiger partial charge in [0.1, 0.15) is 13.2 Å². The van der Waals surface area contributed by atoms with Gasteiger partial charge in [-0.1, -0.05) is 218 Å². The van der Waals surface area contributed by atoms with Gasteiger partial charge in [-0.25, -0.2) is 0 Å². The van der Waals surface area contributed by atoms with Crippen LogP contribution in [-0.2, 0) is 28.6 Å². The van der Waals surface area contributed by atoms with E-state index >= 15 is 0 Å². The molecule has 0 N–H and O–H groups in total. The summed E-state index contributed by atoms with van der Waals surface area (Å²) in [4.78, 5) is 37.9. The van der Waals surface area contributed by atoms with Gasteiger partial charge in [-0.05, 0) is 64.2 Å². The molecule has 0 bridgehead atoms. The van der Waals surface area contributed by atoms with E-state index in [0.717, 1.165) is 51.4 Å². The normalized spacial score (nSPS) is 12.3. The van der Waals surface area contributed by atoms with Crippen molar-refractivity contribution in [1.82, 2.24) is 0 Å². The van der Waals surface area contributed by atoms with Gasteiger partial charge in [0.05, 0.1) is 0 Å². The molecule has 0 rings (SSSR count). The Morgan fingerprint density at radius 2 is 0.644 bits per heavy atom. The van der Waals surface area contributed by atoms with E-state index in [4.69, 9.17) is 14.2 Å². The minimum absolute atomic E-state index is 0.0930. The van der Waals surface area contributed by atoms with Crippen LogP contribution < -0.4 is 0 Å². The van der Waals surface area contributed by atoms with E-state index in [0.29, 0.717) is 19.3 Å². The van der Waals surface area contributed by atoms with Crippen molar-refractivity contribution in [1.29, 1.82) is 0 Å². The third-order valence-corrected chi connectivity index (χ3v) is 11.1. The van der Waals surface area contributed by atoms with Crippen LogP contribution in [0.5, 0.6) is 0 Å². The second-order valence-electron chi connectivity index (χ2n) is 17.1. The largest absolute Gasteiger partial charge is 0.462 e. The molecule has 344 valence electrons. The maximum atomic E-state index is 12.7. The molecule has 0 aromatic rings. The number of carbonyl (C=O) groups is 3. The molecule has 0 aliphatic heterocycles. The molecule has 0 aromatic carbocycles. The van der Waals surface area contributed by atoms with Crippen LogP contribution >= 0.6 is 0 Å². The monoisotopic (exact) mass is 829 g/mol. The van der Waals surface area contributed by atoms with Crippen LogP contribution in [0.25, 0.3) is 0 Å². The second kappa shape index (κ2) is 48.3. The molecular formula is C53H96O6. The number of hydrogen-bond donors (Lipinski definition) is 0. The highest BCUT2D eigenvalue weighted by atomic mass is 16.6. The predicted molar refractivity (Wildman–Crippen MR) is 252 cm³/mol. The molecule has 0 saturated heterocycles. The standard InChI is InChI=1S/C53H96O6/c1-4-7-10-13-16-19-22-25-26-29-31-34-37-40-43-46-52(55)58-49-50(59-53(56)47-44-41-38-35-32-28-24-21-18-15-12-9-6-3)48-57-51(54)45-42-39-36-33-30-27-23-20-17-14-11-8-5-2/h19,22,28,32,38,41,50H,4-18,20-21,23-27,29-31,33-37,39-40,42-49H2,1-3H3/b22-19-,32-28-,41-38-. The van der Waals surface area contributed by atoms with E-state index < -0.39 is 6.10 Å². The first kappa shape index (κ1) is 56.6. The van der Waals surface area contributed by atoms with E-state index in [9.17, 15) is 14.4 Å². The van der Waals surface area contributed by atoms with Crippen molar-refractivity contribution in [3.05, 3.63) is 36.5 Å². The van der Waals surface area contributed by atoms with Crippen molar-refractivity contribution in [2.45, 2.75) is 271 Å². The first-order valence-electron chi connectivity index (χ1n) is 25.5. The summed E-state index contributed by atoms with van der Waals surface area (Å²) >= 11 is 0. The molecule has 0 aliphatic rings. The van der Waals surface area contributed by atoms with E-state index in [1.54, 1.807) is 0 Å². The molecule has 0 fully saturated rings. The summed E-state index contributed by atoms with van der Waals surface area (Å²) in [5, 5.41) is 0. The molecule has 0 amide bonds. The van der Waals surface area contributed by atoms with Crippen molar-refractivity contribution < 1.29 is 28.6 Å². The minimum atomic E-state index is -0.799. The highest BCUT2D eigenvalue weighted by molar-refractivity contribution is 5.71. The highest BCUT2D eigenvalue weighted by Crippen LogP contribution is 2.15. The van der Waals surface area contributed by atoms with Crippen LogP contribution in [0.1, 0.15) is 265 Å². The third-order valence-electron chi connectivity index (χ3n) is 11.1. The van der Waals surface area contributed by atoms with Crippen molar-refractivity contribution in [2.24, 2.45) is 0 Å². The van der Waals surface area contributed by atoms with Crippen LogP contribution in [0.4, 0.5) is 0 Å². The fourth-order valence-corrected chi connectivity index (χ4v) is 7.25. The summed E-state index contributed by atoms with van der Waals surface area (Å²) in [6, 6.07) is 0. The molecule has 0 spiro atoms. The topological polar surface area (TPSA) is 78.9 Å². The molecule has 0 aliphatic carbocycles. The lowest BCUT2D eigenvalue weighted by Crippen LogP contribution is -2.30. The van der Waals surface area contributed by atoms with Crippen LogP contribution in [0, 0.1) is 0 Å². The van der Waals surface area contributed by atoms with Gasteiger partial charge in [0.25, 0.3) is 0 Å². The highest BCUT2D eigenvalue weighted by Gasteiger charge is 2.19. The number of esters is 3. The van der Waals surface area contributed by atoms with E-state index in [-0.39, 0.29) is 37.5 Å². The Bertz CT molecular complexity index is 1000. The molecule has 0 saturated carbocycles. The second-order valence-corrected chi connectivity index (χ2v) is 17.1. The van der Waals surface area contributed by atoms with Gasteiger partial charge < -0.3 is 14.2 Å². The van der Waals surface area contributed by atoms with Crippen molar-refractivity contribution >= 4 is 17.9 Å². The summed E-state index contributed by atoms with van der Waals surface area (Å²) in [5.74, 6) is -0.958. The molecule has 6 nitrogen and oxygen atoms in total. The van der Waals surface area contributed by atoms with Gasteiger partial charge in [-0.2, -0.15) is 0 Å². The van der Waals surface area contributed by atoms with Crippen molar-refractivity contribution in [2.75, 3.05) is 13.2 Å². The number of unbranched alkanes of at least 4 members (excludes halogenated alkanes) is 29. The summed E-state index contributed by atoms with van der Waals surface area (Å²) in [6.07, 6.45) is 55.6. The molecule has 1 atom stereocenters. The fraction of sp³-hybridized carbons (Fsp3) is 0.830. The Labute approximate surface area is 365 Å². The Hall–Kier alpha value is -2.37. The SMILES string of the molecule is CCCCCC/C=C\CCCCCCCCCC(=O)OCC(COC(=O)CCCCCCCCCCCCCCC)OC(=O)CC/C=C\C/C=C\CCCCCCCC. The van der Waals surface area contributed by atoms with Crippen LogP contribution in [0.2, 0.25) is 0 Å². The summed E-state index contributed by atoms with van der Waals surface area (Å²) < 4.78 is 16.7. The molecule has 0 radical (unpaired) electrons. The van der Waals surface area contributed by atoms with Crippen LogP contribution in [-0.4, -0.2) is 37.2 Å². The van der Waals surface area contributed by atoms with Gasteiger partial charge >= 0.3 is 17.9 Å². The number of ether oxygens (including phenoxy) is 3. The first-order chi connectivity index (χ1) is 29.0. The zero-order valence-corrected chi connectivity index (χ0v) is 39.3. The number of carbonyl (C=O) groups excluding carboxylic acids is 3. The lowest BCUT2D eigenvalue weighted by Gasteiger charge is -2.18. The Balaban J connectivity index is 4.41. The van der Waals surface area contributed by atoms with E-state index in [1.165, 1.54) is 167 Å². The van der Waals surface area contributed by atoms with Gasteiger partial charge in [0.15, 0.2) is 6.10 Å². The van der Waals surface area contributed by atoms with Crippen LogP contribution in [0.15, 0.2) is 36.5 Å². The van der Waals surface area contributed by atoms with Gasteiger partial charge in [0.2, 0.25) is 0 Å². The van der Waals surface area contributed by atoms with Gasteiger partial charge in [0, 0.05) is 19.3 Å². The Morgan fingerprint density at radius 1 is 0.339 bits per heavy atom. The summed E-state index contributed by atoms with van der Waals surface area (Å²) in [5.41, 5.74) is 0. The number of allylic oxidation sites excluding steroid dienone is 6. The lowest BCUT2D eigenvalue weighted by atomic mass is 10.0. The Morgan fingerprint density at radius 3 is 1.03 bits per heavy atom. The quantitative estimate of drug-likeness (QED) is 0.0263. The van der Waals surface area contributed by atoms with Crippen molar-refractivity contribution in [3.63, 3.8) is 0 Å². The predicted octanol–water partition coefficient (Wildman–Crippen LogP) is 16.5. The molecule has 6 heteroatoms. The molecular weight excluding hydrogens is 733 g/mol. The maximum Gasteiger partial charge on any atom is 0.306 e. The van der Waals surface area contributed by atoms with Gasteiger partial charge in [-0.3, -0.25) is 14.4 Å². The number of hydrogen-bond acceptors (Lipinski definition) is 6. The molecule has 59 heavy (non-hydrogen) atoms. The average molecular weight is 829 g/mol. The van der Waals surface area contributed by atoms with Gasteiger partial charge in [-0.15, -0.1) is 0 Å². The minimum Gasteiger partial charge on any atom is -0.462 e. The zero-order chi connectivity index (χ0) is 43.0. The summed E-state index contributed by atoms with van der Waals surface area (Å²) in [6.45, 7) is 6.58. The van der Waals surface area contributed by atoms with Crippen molar-refractivity contribution in [3.8, 4) is 0 Å². The van der Waals surface area contributed by atoms with E-state index in [2.05, 4.69) is 51.2 Å². The molecule has 0 heterocycles. The van der Waals surface area contributed by atoms with E-state index in [1.807, 2.05) is 6.08 Å². The van der Waals surface area contributed by atoms with Crippen LogP contribution in [0.3, 0.4) is 0 Å². The fourth-order valence-electron chi connectivity index (χ4n) is 7.25. The summed E-state index contributed by atoms with van der Waals surface area (Å²) in [7, 11) is 0. The number of rotatable bonds is 46. The molecule has 0 aromatic heterocycles. The Kier molecular flexibility index (Phi) is 46.4. The third kappa shape index (κ3) is 46.5. The average Bonchev–Trinajstić information content (AvgIpc) is 3.23. The smallest absolute Gasteiger partial charge is 0.306 e. The first-order valence-corrected chi connectivity index (χ1v) is 25.5. The molecule has 1 unspecified atom stereocenters.